The van der Waals surface area contributed by atoms with E-state index in [9.17, 15) is 4.79 Å². The zero-order chi connectivity index (χ0) is 19.6. The Morgan fingerprint density at radius 2 is 1.85 bits per heavy atom. The van der Waals surface area contributed by atoms with E-state index >= 15 is 0 Å². The van der Waals surface area contributed by atoms with E-state index in [2.05, 4.69) is 10.6 Å². The summed E-state index contributed by atoms with van der Waals surface area (Å²) in [5.74, 6) is -0.324. The molecule has 0 bridgehead atoms. The predicted molar refractivity (Wildman–Crippen MR) is 118 cm³/mol. The summed E-state index contributed by atoms with van der Waals surface area (Å²) in [6.07, 6.45) is 4.03. The van der Waals surface area contributed by atoms with Crippen molar-refractivity contribution in [2.75, 3.05) is 17.2 Å². The fraction of sp³-hybridized carbons (Fsp3) is 0.333. The van der Waals surface area contributed by atoms with Crippen LogP contribution in [0.3, 0.4) is 0 Å². The molecule has 1 heterocycles. The van der Waals surface area contributed by atoms with Crippen molar-refractivity contribution in [3.8, 4) is 0 Å². The van der Waals surface area contributed by atoms with Gasteiger partial charge in [0.2, 0.25) is 0 Å². The Labute approximate surface area is 182 Å². The minimum Gasteiger partial charge on any atom is -0.462 e. The zero-order valence-corrected chi connectivity index (χ0v) is 18.4. The van der Waals surface area contributed by atoms with Crippen LogP contribution in [-0.4, -0.2) is 17.7 Å². The molecule has 4 nitrogen and oxygen atoms in total. The number of carbonyl (C=O) groups excluding carboxylic acids is 1. The normalized spacial score (nSPS) is 13.0. The number of benzene rings is 1. The topological polar surface area (TPSA) is 50.4 Å². The van der Waals surface area contributed by atoms with Crippen LogP contribution in [0.25, 0.3) is 0 Å². The van der Waals surface area contributed by atoms with Gasteiger partial charge in [0.25, 0.3) is 0 Å². The molecule has 0 aliphatic heterocycles. The third kappa shape index (κ3) is 4.69. The second kappa shape index (κ2) is 8.97. The number of thiocarbonyl (C=S) groups is 1. The van der Waals surface area contributed by atoms with Crippen LogP contribution in [-0.2, 0) is 17.6 Å². The lowest BCUT2D eigenvalue weighted by atomic mass is 9.95. The molecule has 0 saturated carbocycles. The highest BCUT2D eigenvalue weighted by Gasteiger charge is 2.26. The molecule has 0 fully saturated rings. The molecule has 0 unspecified atom stereocenters. The Morgan fingerprint density at radius 1 is 1.15 bits per heavy atom. The number of hydrogen-bond donors (Lipinski definition) is 2. The van der Waals surface area contributed by atoms with Crippen LogP contribution in [0.15, 0.2) is 12.1 Å². The van der Waals surface area contributed by atoms with Gasteiger partial charge in [-0.3, -0.25) is 0 Å². The van der Waals surface area contributed by atoms with Crippen molar-refractivity contribution in [2.24, 2.45) is 0 Å². The molecule has 1 aromatic heterocycles. The van der Waals surface area contributed by atoms with Crippen molar-refractivity contribution in [3.63, 3.8) is 0 Å². The van der Waals surface area contributed by atoms with E-state index in [4.69, 9.17) is 51.8 Å². The Morgan fingerprint density at radius 3 is 2.59 bits per heavy atom. The molecule has 1 aliphatic rings. The van der Waals surface area contributed by atoms with Crippen LogP contribution < -0.4 is 10.6 Å². The maximum Gasteiger partial charge on any atom is 0.341 e. The van der Waals surface area contributed by atoms with Gasteiger partial charge in [0.05, 0.1) is 32.9 Å². The maximum absolute atomic E-state index is 12.5. The van der Waals surface area contributed by atoms with E-state index in [1.165, 1.54) is 4.88 Å². The van der Waals surface area contributed by atoms with Crippen LogP contribution in [0, 0.1) is 0 Å². The van der Waals surface area contributed by atoms with Crippen LogP contribution >= 0.6 is 58.4 Å². The number of aryl methyl sites for hydroxylation is 1. The van der Waals surface area contributed by atoms with Gasteiger partial charge >= 0.3 is 5.97 Å². The van der Waals surface area contributed by atoms with Gasteiger partial charge in [-0.1, -0.05) is 34.8 Å². The van der Waals surface area contributed by atoms with Crippen molar-refractivity contribution in [1.29, 1.82) is 0 Å². The first kappa shape index (κ1) is 20.7. The minimum atomic E-state index is -0.324. The Hall–Kier alpha value is -1.05. The fourth-order valence-corrected chi connectivity index (χ4v) is 5.10. The summed E-state index contributed by atoms with van der Waals surface area (Å²) in [6.45, 7) is 2.12. The first-order valence-electron chi connectivity index (χ1n) is 8.45. The summed E-state index contributed by atoms with van der Waals surface area (Å²) in [5.41, 5.74) is 2.19. The van der Waals surface area contributed by atoms with Crippen LogP contribution in [0.5, 0.6) is 0 Å². The van der Waals surface area contributed by atoms with Crippen molar-refractivity contribution < 1.29 is 9.53 Å². The lowest BCUT2D eigenvalue weighted by molar-refractivity contribution is 0.0526. The average Bonchev–Trinajstić information content (AvgIpc) is 2.97. The number of halogens is 3. The highest BCUT2D eigenvalue weighted by Crippen LogP contribution is 2.39. The van der Waals surface area contributed by atoms with E-state index in [0.717, 1.165) is 31.2 Å². The fourth-order valence-electron chi connectivity index (χ4n) is 2.95. The maximum atomic E-state index is 12.5. The Kier molecular flexibility index (Phi) is 6.87. The highest BCUT2D eigenvalue weighted by molar-refractivity contribution is 7.80. The largest absolute Gasteiger partial charge is 0.462 e. The molecule has 9 heteroatoms. The van der Waals surface area contributed by atoms with E-state index < -0.39 is 0 Å². The number of fused-ring (bicyclic) bond motifs is 1. The summed E-state index contributed by atoms with van der Waals surface area (Å²) >= 11 is 25.1. The van der Waals surface area contributed by atoms with Gasteiger partial charge in [-0.15, -0.1) is 11.3 Å². The summed E-state index contributed by atoms with van der Waals surface area (Å²) in [5, 5.41) is 8.24. The molecule has 0 amide bonds. The quantitative estimate of drug-likeness (QED) is 0.305. The van der Waals surface area contributed by atoms with Gasteiger partial charge in [0.15, 0.2) is 5.11 Å². The predicted octanol–water partition coefficient (Wildman–Crippen LogP) is 6.57. The first-order valence-corrected chi connectivity index (χ1v) is 10.8. The van der Waals surface area contributed by atoms with E-state index in [1.54, 1.807) is 30.4 Å². The average molecular weight is 464 g/mol. The van der Waals surface area contributed by atoms with E-state index in [0.29, 0.717) is 43.0 Å². The molecule has 0 atom stereocenters. The smallest absolute Gasteiger partial charge is 0.341 e. The second-order valence-electron chi connectivity index (χ2n) is 5.96. The molecular weight excluding hydrogens is 447 g/mol. The lowest BCUT2D eigenvalue weighted by Gasteiger charge is -2.14. The lowest BCUT2D eigenvalue weighted by Crippen LogP contribution is -2.20. The molecule has 2 aromatic rings. The summed E-state index contributed by atoms with van der Waals surface area (Å²) in [7, 11) is 0. The molecule has 0 saturated heterocycles. The van der Waals surface area contributed by atoms with Crippen molar-refractivity contribution in [3.05, 3.63) is 43.2 Å². The van der Waals surface area contributed by atoms with Gasteiger partial charge in [-0.2, -0.15) is 0 Å². The number of thiophene rings is 1. The number of hydrogen-bond acceptors (Lipinski definition) is 4. The number of ether oxygens (including phenoxy) is 1. The second-order valence-corrected chi connectivity index (χ2v) is 8.70. The van der Waals surface area contributed by atoms with Gasteiger partial charge in [0, 0.05) is 4.88 Å². The molecule has 3 rings (SSSR count). The molecule has 1 aliphatic carbocycles. The molecule has 1 aromatic carbocycles. The van der Waals surface area contributed by atoms with Gasteiger partial charge in [-0.25, -0.2) is 4.79 Å². The standard InChI is InChI=1S/C18H17Cl3N2O2S2/c1-2-25-17(24)15-9-5-3-4-6-14(9)27-16(15)23-18(26)22-13-8-11(20)10(19)7-12(13)21/h7-8H,2-6H2,1H3,(H2,22,23,26). The van der Waals surface area contributed by atoms with Crippen molar-refractivity contribution >= 4 is 80.1 Å². The van der Waals surface area contributed by atoms with Crippen molar-refractivity contribution in [2.45, 2.75) is 32.6 Å². The highest BCUT2D eigenvalue weighted by atomic mass is 35.5. The van der Waals surface area contributed by atoms with Crippen LogP contribution in [0.1, 0.15) is 40.6 Å². The number of esters is 1. The summed E-state index contributed by atoms with van der Waals surface area (Å²) in [4.78, 5) is 13.7. The zero-order valence-electron chi connectivity index (χ0n) is 14.5. The van der Waals surface area contributed by atoms with Crippen molar-refractivity contribution in [1.82, 2.24) is 0 Å². The summed E-state index contributed by atoms with van der Waals surface area (Å²) < 4.78 is 5.25. The minimum absolute atomic E-state index is 0.305. The SMILES string of the molecule is CCOC(=O)c1c(NC(=S)Nc2cc(Cl)c(Cl)cc2Cl)sc2c1CCCC2. The first-order chi connectivity index (χ1) is 12.9. The molecule has 0 spiro atoms. The Balaban J connectivity index is 1.84. The third-order valence-corrected chi connectivity index (χ3v) is 6.58. The number of carbonyl (C=O) groups is 1. The van der Waals surface area contributed by atoms with Gasteiger partial charge < -0.3 is 15.4 Å². The molecular formula is C18H17Cl3N2O2S2. The number of anilines is 2. The van der Waals surface area contributed by atoms with Gasteiger partial charge in [-0.05, 0) is 62.5 Å². The monoisotopic (exact) mass is 462 g/mol. The van der Waals surface area contributed by atoms with E-state index in [-0.39, 0.29) is 5.97 Å². The van der Waals surface area contributed by atoms with Crippen LogP contribution in [0.2, 0.25) is 15.1 Å². The molecule has 0 radical (unpaired) electrons. The summed E-state index contributed by atoms with van der Waals surface area (Å²) in [6, 6.07) is 3.15. The third-order valence-electron chi connectivity index (χ3n) is 4.14. The van der Waals surface area contributed by atoms with E-state index in [1.807, 2.05) is 0 Å². The number of rotatable bonds is 4. The number of nitrogens with one attached hydrogen (secondary N) is 2. The molecule has 27 heavy (non-hydrogen) atoms. The molecule has 2 N–H and O–H groups in total. The molecule has 144 valence electrons. The van der Waals surface area contributed by atoms with Crippen LogP contribution in [0.4, 0.5) is 10.7 Å². The van der Waals surface area contributed by atoms with Gasteiger partial charge in [0.1, 0.15) is 5.00 Å². The Bertz CT molecular complexity index is 899.